The number of rotatable bonds is 4. The molecule has 6 nitrogen and oxygen atoms in total. The van der Waals surface area contributed by atoms with Gasteiger partial charge in [-0.3, -0.25) is 14.4 Å². The molecular formula is C13H20N2O4S. The average Bonchev–Trinajstić information content (AvgIpc) is 2.65. The van der Waals surface area contributed by atoms with Crippen molar-refractivity contribution in [1.82, 2.24) is 10.2 Å². The van der Waals surface area contributed by atoms with Gasteiger partial charge in [0.1, 0.15) is 6.54 Å². The Morgan fingerprint density at radius 2 is 2.05 bits per heavy atom. The number of hydrogen-bond acceptors (Lipinski definition) is 4. The zero-order chi connectivity index (χ0) is 14.5. The molecule has 0 aromatic carbocycles. The average molecular weight is 300 g/mol. The second kappa shape index (κ2) is 6.97. The number of carboxylic acid groups (broad SMARTS) is 1. The monoisotopic (exact) mass is 300 g/mol. The molecule has 0 unspecified atom stereocenters. The lowest BCUT2D eigenvalue weighted by atomic mass is 9.95. The Labute approximate surface area is 122 Å². The summed E-state index contributed by atoms with van der Waals surface area (Å²) in [6.45, 7) is 0.0364. The molecule has 0 radical (unpaired) electrons. The topological polar surface area (TPSA) is 86.7 Å². The van der Waals surface area contributed by atoms with Crippen LogP contribution in [0.5, 0.6) is 0 Å². The molecule has 1 aliphatic heterocycles. The molecule has 2 atom stereocenters. The van der Waals surface area contributed by atoms with E-state index in [-0.39, 0.29) is 24.4 Å². The van der Waals surface area contributed by atoms with Crippen molar-refractivity contribution in [3.8, 4) is 0 Å². The van der Waals surface area contributed by atoms with Crippen LogP contribution in [-0.4, -0.2) is 52.0 Å². The highest BCUT2D eigenvalue weighted by Crippen LogP contribution is 2.24. The van der Waals surface area contributed by atoms with E-state index in [4.69, 9.17) is 0 Å². The largest absolute Gasteiger partial charge is 0.481 e. The quantitative estimate of drug-likeness (QED) is 0.745. The Bertz CT molecular complexity index is 402. The van der Waals surface area contributed by atoms with Crippen molar-refractivity contribution in [3.63, 3.8) is 0 Å². The first-order valence-corrected chi connectivity index (χ1v) is 8.11. The Hall–Kier alpha value is -1.24. The van der Waals surface area contributed by atoms with Gasteiger partial charge in [0.25, 0.3) is 0 Å². The lowest BCUT2D eigenvalue weighted by Gasteiger charge is -2.24. The van der Waals surface area contributed by atoms with E-state index in [0.29, 0.717) is 24.5 Å². The summed E-state index contributed by atoms with van der Waals surface area (Å²) in [6, 6.07) is -0.312. The molecule has 2 amide bonds. The minimum absolute atomic E-state index is 0.0270. The molecule has 0 bridgehead atoms. The SMILES string of the molecule is O=C(CN1CSCC1=O)N[C@H]1CCCCC[C@H]1C(=O)O. The number of aliphatic carboxylic acids is 1. The molecule has 2 aliphatic rings. The van der Waals surface area contributed by atoms with Gasteiger partial charge in [0, 0.05) is 6.04 Å². The maximum Gasteiger partial charge on any atom is 0.308 e. The van der Waals surface area contributed by atoms with Gasteiger partial charge in [0.15, 0.2) is 0 Å². The van der Waals surface area contributed by atoms with E-state index < -0.39 is 11.9 Å². The van der Waals surface area contributed by atoms with Crippen LogP contribution in [0.15, 0.2) is 0 Å². The van der Waals surface area contributed by atoms with Gasteiger partial charge in [0.05, 0.1) is 17.5 Å². The first-order chi connectivity index (χ1) is 9.58. The highest BCUT2D eigenvalue weighted by atomic mass is 32.2. The van der Waals surface area contributed by atoms with Crippen molar-refractivity contribution in [2.75, 3.05) is 18.2 Å². The standard InChI is InChI=1S/C13H20N2O4S/c16-11(6-15-8-20-7-12(15)17)14-10-5-3-1-2-4-9(10)13(18)19/h9-10H,1-8H2,(H,14,16)(H,18,19)/t9-,10+/m1/s1. The van der Waals surface area contributed by atoms with Crippen LogP contribution in [0.1, 0.15) is 32.1 Å². The molecule has 1 saturated carbocycles. The van der Waals surface area contributed by atoms with Crippen LogP contribution in [0, 0.1) is 5.92 Å². The van der Waals surface area contributed by atoms with Crippen LogP contribution in [0.4, 0.5) is 0 Å². The fourth-order valence-corrected chi connectivity index (χ4v) is 3.65. The second-order valence-electron chi connectivity index (χ2n) is 5.33. The number of carboxylic acids is 1. The van der Waals surface area contributed by atoms with Gasteiger partial charge in [-0.05, 0) is 12.8 Å². The van der Waals surface area contributed by atoms with Crippen LogP contribution in [0.25, 0.3) is 0 Å². The molecule has 2 fully saturated rings. The first-order valence-electron chi connectivity index (χ1n) is 6.95. The molecule has 1 aliphatic carbocycles. The van der Waals surface area contributed by atoms with Crippen LogP contribution in [0.3, 0.4) is 0 Å². The van der Waals surface area contributed by atoms with Gasteiger partial charge in [-0.2, -0.15) is 0 Å². The molecule has 0 aromatic rings. The summed E-state index contributed by atoms with van der Waals surface area (Å²) < 4.78 is 0. The number of carbonyl (C=O) groups is 3. The Kier molecular flexibility index (Phi) is 5.28. The van der Waals surface area contributed by atoms with E-state index >= 15 is 0 Å². The van der Waals surface area contributed by atoms with E-state index in [9.17, 15) is 19.5 Å². The lowest BCUT2D eigenvalue weighted by molar-refractivity contribution is -0.143. The summed E-state index contributed by atoms with van der Waals surface area (Å²) in [5.74, 6) is -0.664. The number of hydrogen-bond donors (Lipinski definition) is 2. The van der Waals surface area contributed by atoms with Crippen molar-refractivity contribution < 1.29 is 19.5 Å². The van der Waals surface area contributed by atoms with Gasteiger partial charge in [0.2, 0.25) is 11.8 Å². The van der Waals surface area contributed by atoms with E-state index in [0.717, 1.165) is 19.3 Å². The van der Waals surface area contributed by atoms with E-state index in [2.05, 4.69) is 5.32 Å². The summed E-state index contributed by atoms with van der Waals surface area (Å²) in [7, 11) is 0. The van der Waals surface area contributed by atoms with Gasteiger partial charge in [-0.1, -0.05) is 19.3 Å². The van der Waals surface area contributed by atoms with E-state index in [1.807, 2.05) is 0 Å². The molecule has 0 spiro atoms. The molecule has 0 aromatic heterocycles. The predicted octanol–water partition coefficient (Wildman–Crippen LogP) is 0.669. The van der Waals surface area contributed by atoms with E-state index in [1.165, 1.54) is 16.7 Å². The van der Waals surface area contributed by atoms with Crippen molar-refractivity contribution in [2.45, 2.75) is 38.1 Å². The van der Waals surface area contributed by atoms with Crippen molar-refractivity contribution in [3.05, 3.63) is 0 Å². The number of nitrogens with zero attached hydrogens (tertiary/aromatic N) is 1. The number of amides is 2. The molecule has 2 rings (SSSR count). The van der Waals surface area contributed by atoms with Crippen LogP contribution in [-0.2, 0) is 14.4 Å². The summed E-state index contributed by atoms with van der Waals surface area (Å²) >= 11 is 1.49. The molecule has 1 saturated heterocycles. The third kappa shape index (κ3) is 3.88. The van der Waals surface area contributed by atoms with Crippen molar-refractivity contribution in [1.29, 1.82) is 0 Å². The second-order valence-corrected chi connectivity index (χ2v) is 6.28. The maximum atomic E-state index is 12.0. The Morgan fingerprint density at radius 1 is 1.30 bits per heavy atom. The minimum Gasteiger partial charge on any atom is -0.481 e. The lowest BCUT2D eigenvalue weighted by Crippen LogP contribution is -2.47. The summed E-state index contributed by atoms with van der Waals surface area (Å²) in [4.78, 5) is 36.2. The molecule has 1 heterocycles. The summed E-state index contributed by atoms with van der Waals surface area (Å²) in [5.41, 5.74) is 0. The fourth-order valence-electron chi connectivity index (χ4n) is 2.74. The van der Waals surface area contributed by atoms with Crippen molar-refractivity contribution in [2.24, 2.45) is 5.92 Å². The highest BCUT2D eigenvalue weighted by Gasteiger charge is 2.31. The van der Waals surface area contributed by atoms with Crippen molar-refractivity contribution >= 4 is 29.5 Å². The van der Waals surface area contributed by atoms with E-state index in [1.54, 1.807) is 0 Å². The summed E-state index contributed by atoms with van der Waals surface area (Å²) in [6.07, 6.45) is 4.15. The van der Waals surface area contributed by atoms with Crippen LogP contribution < -0.4 is 5.32 Å². The number of thioether (sulfide) groups is 1. The predicted molar refractivity (Wildman–Crippen MR) is 75.2 cm³/mol. The van der Waals surface area contributed by atoms with Crippen LogP contribution >= 0.6 is 11.8 Å². The molecular weight excluding hydrogens is 280 g/mol. The molecule has 20 heavy (non-hydrogen) atoms. The normalized spacial score (nSPS) is 27.2. The van der Waals surface area contributed by atoms with Gasteiger partial charge in [-0.25, -0.2) is 0 Å². The van der Waals surface area contributed by atoms with Crippen LogP contribution in [0.2, 0.25) is 0 Å². The minimum atomic E-state index is -0.843. The smallest absolute Gasteiger partial charge is 0.308 e. The number of nitrogens with one attached hydrogen (secondary N) is 1. The Morgan fingerprint density at radius 3 is 2.70 bits per heavy atom. The molecule has 2 N–H and O–H groups in total. The summed E-state index contributed by atoms with van der Waals surface area (Å²) in [5, 5.41) is 12.1. The van der Waals surface area contributed by atoms with Gasteiger partial charge < -0.3 is 15.3 Å². The Balaban J connectivity index is 1.90. The third-order valence-corrected chi connectivity index (χ3v) is 4.78. The number of carbonyl (C=O) groups excluding carboxylic acids is 2. The zero-order valence-corrected chi connectivity index (χ0v) is 12.2. The molecule has 7 heteroatoms. The maximum absolute atomic E-state index is 12.0. The third-order valence-electron chi connectivity index (χ3n) is 3.84. The van der Waals surface area contributed by atoms with Gasteiger partial charge >= 0.3 is 5.97 Å². The fraction of sp³-hybridized carbons (Fsp3) is 0.769. The zero-order valence-electron chi connectivity index (χ0n) is 11.3. The highest BCUT2D eigenvalue weighted by molar-refractivity contribution is 8.00. The molecule has 112 valence electrons. The first kappa shape index (κ1) is 15.2. The van der Waals surface area contributed by atoms with Gasteiger partial charge in [-0.15, -0.1) is 11.8 Å².